The van der Waals surface area contributed by atoms with Gasteiger partial charge in [0.25, 0.3) is 0 Å². The summed E-state index contributed by atoms with van der Waals surface area (Å²) in [5, 5.41) is 36.9. The van der Waals surface area contributed by atoms with E-state index < -0.39 is 18.2 Å². The van der Waals surface area contributed by atoms with Crippen LogP contribution in [0.15, 0.2) is 122 Å². The number of pyridine rings is 2. The number of anilines is 2. The van der Waals surface area contributed by atoms with Crippen LogP contribution in [0.5, 0.6) is 11.5 Å². The van der Waals surface area contributed by atoms with Crippen LogP contribution in [0.1, 0.15) is 36.8 Å². The maximum Gasteiger partial charge on any atom is 1.00 e. The van der Waals surface area contributed by atoms with Crippen LogP contribution in [-0.2, 0) is 9.59 Å². The number of hydrogen-bond donors (Lipinski definition) is 3. The number of fused-ring (bicyclic) bond motifs is 2. The Kier molecular flexibility index (Phi) is 23.3. The molecule has 4 fully saturated rings. The minimum atomic E-state index is -0.969. The van der Waals surface area contributed by atoms with Gasteiger partial charge in [0.2, 0.25) is 5.91 Å². The molecule has 396 valence electrons. The second kappa shape index (κ2) is 29.7. The van der Waals surface area contributed by atoms with E-state index in [2.05, 4.69) is 102 Å². The third kappa shape index (κ3) is 16.8. The first kappa shape index (κ1) is 58.8. The van der Waals surface area contributed by atoms with E-state index >= 15 is 0 Å². The van der Waals surface area contributed by atoms with E-state index in [9.17, 15) is 24.9 Å². The number of aromatic nitrogens is 2. The zero-order valence-electron chi connectivity index (χ0n) is 44.0. The number of carbonyl (C=O) groups is 2. The van der Waals surface area contributed by atoms with Crippen molar-refractivity contribution in [3.63, 3.8) is 0 Å². The van der Waals surface area contributed by atoms with E-state index in [1.807, 2.05) is 60.7 Å². The number of amides is 1. The van der Waals surface area contributed by atoms with E-state index in [0.29, 0.717) is 50.7 Å². The summed E-state index contributed by atoms with van der Waals surface area (Å²) in [7, 11) is 0. The number of piperazine rings is 2. The predicted octanol–water partition coefficient (Wildman–Crippen LogP) is 2.61. The average Bonchev–Trinajstić information content (AvgIpc) is 3.43. The van der Waals surface area contributed by atoms with Gasteiger partial charge >= 0.3 is 18.9 Å². The topological polar surface area (TPSA) is 170 Å². The quantitative estimate of drug-likeness (QED) is 0.136. The molecule has 0 bridgehead atoms. The number of hydrogen-bond acceptors (Lipinski definition) is 14. The number of para-hydroxylation sites is 2. The molecule has 1 amide bonds. The van der Waals surface area contributed by atoms with Crippen molar-refractivity contribution >= 4 is 57.5 Å². The van der Waals surface area contributed by atoms with Gasteiger partial charge in [0, 0.05) is 118 Å². The minimum Gasteiger partial charge on any atom is -0.550 e. The van der Waals surface area contributed by atoms with Crippen molar-refractivity contribution < 1.29 is 53.2 Å². The third-order valence-electron chi connectivity index (χ3n) is 14.5. The van der Waals surface area contributed by atoms with Crippen molar-refractivity contribution in [2.75, 3.05) is 115 Å². The SMILES string of the molecule is Cc1ccccc1N1CCN(C(=O)C2CCN(C[C@@H](O)COc3cccc4ncccc34)CC2)CC1.Cc1ccccc1N1CCNCC1.Cl.O=C([O-])C1CCN(C[C@@H](O)COc2cccc3ncccc23)CC1.[Li+]. The molecule has 17 heteroatoms. The normalized spacial score (nSPS) is 17.5. The second-order valence-corrected chi connectivity index (χ2v) is 19.7. The van der Waals surface area contributed by atoms with Crippen molar-refractivity contribution in [3.8, 4) is 11.5 Å². The first-order chi connectivity index (χ1) is 35.6. The largest absolute Gasteiger partial charge is 1.00 e. The number of carboxylic acids is 1. The number of piperidine rings is 2. The van der Waals surface area contributed by atoms with E-state index in [1.54, 1.807) is 12.4 Å². The number of halogens is 1. The molecule has 4 aliphatic rings. The number of nitrogens with one attached hydrogen (secondary N) is 1. The van der Waals surface area contributed by atoms with Crippen molar-refractivity contribution in [2.45, 2.75) is 51.7 Å². The number of nitrogens with zero attached hydrogens (tertiary/aromatic N) is 7. The van der Waals surface area contributed by atoms with Gasteiger partial charge in [-0.3, -0.25) is 14.8 Å². The number of rotatable bonds is 14. The Morgan fingerprint density at radius 3 is 1.48 bits per heavy atom. The van der Waals surface area contributed by atoms with Crippen molar-refractivity contribution in [1.82, 2.24) is 30.0 Å². The molecule has 4 aromatic carbocycles. The van der Waals surface area contributed by atoms with E-state index in [4.69, 9.17) is 9.47 Å². The van der Waals surface area contributed by atoms with Crippen LogP contribution in [0.2, 0.25) is 0 Å². The fraction of sp³-hybridized carbons (Fsp3) is 0.448. The summed E-state index contributed by atoms with van der Waals surface area (Å²) in [6, 6.07) is 36.2. The first-order valence-electron chi connectivity index (χ1n) is 26.1. The Bertz CT molecular complexity index is 2680. The van der Waals surface area contributed by atoms with Crippen molar-refractivity contribution in [2.24, 2.45) is 11.8 Å². The fourth-order valence-electron chi connectivity index (χ4n) is 10.4. The molecule has 10 rings (SSSR count). The molecule has 6 aromatic rings. The fourth-order valence-corrected chi connectivity index (χ4v) is 10.4. The Balaban J connectivity index is 0.000000201. The van der Waals surface area contributed by atoms with Crippen LogP contribution in [0.3, 0.4) is 0 Å². The monoisotopic (exact) mass is 1040 g/mol. The zero-order valence-corrected chi connectivity index (χ0v) is 44.8. The van der Waals surface area contributed by atoms with Crippen LogP contribution in [0.25, 0.3) is 21.8 Å². The number of aryl methyl sites for hydroxylation is 2. The van der Waals surface area contributed by atoms with E-state index in [0.717, 1.165) is 106 Å². The predicted molar refractivity (Wildman–Crippen MR) is 293 cm³/mol. The number of aliphatic hydroxyl groups excluding tert-OH is 2. The van der Waals surface area contributed by atoms with Crippen LogP contribution in [-0.4, -0.2) is 164 Å². The summed E-state index contributed by atoms with van der Waals surface area (Å²) in [6.45, 7) is 16.6. The molecule has 6 heterocycles. The molecule has 0 radical (unpaired) electrons. The number of ether oxygens (including phenoxy) is 2. The van der Waals surface area contributed by atoms with Crippen molar-refractivity contribution in [3.05, 3.63) is 133 Å². The van der Waals surface area contributed by atoms with Gasteiger partial charge in [-0.25, -0.2) is 0 Å². The molecule has 0 saturated carbocycles. The smallest absolute Gasteiger partial charge is 0.550 e. The molecular formula is C58H74ClLiN8O7. The summed E-state index contributed by atoms with van der Waals surface area (Å²) in [4.78, 5) is 43.9. The van der Waals surface area contributed by atoms with Gasteiger partial charge in [0.05, 0.1) is 11.0 Å². The number of β-amino-alcohol motifs (C(OH)–C–C–N with tert-alkyl or cyclic N) is 2. The molecular weight excluding hydrogens is 963 g/mol. The Labute approximate surface area is 460 Å². The third-order valence-corrected chi connectivity index (χ3v) is 14.5. The number of likely N-dealkylation sites (tertiary alicyclic amines) is 2. The van der Waals surface area contributed by atoms with Gasteiger partial charge in [-0.1, -0.05) is 48.5 Å². The summed E-state index contributed by atoms with van der Waals surface area (Å²) in [5.41, 5.74) is 7.07. The molecule has 2 atom stereocenters. The van der Waals surface area contributed by atoms with Gasteiger partial charge in [0.15, 0.2) is 0 Å². The van der Waals surface area contributed by atoms with E-state index in [-0.39, 0.29) is 56.3 Å². The average molecular weight is 1040 g/mol. The summed E-state index contributed by atoms with van der Waals surface area (Å²) < 4.78 is 11.7. The number of aliphatic hydroxyl groups is 2. The van der Waals surface area contributed by atoms with Gasteiger partial charge in [-0.2, -0.15) is 0 Å². The summed E-state index contributed by atoms with van der Waals surface area (Å²) in [5.74, 6) is 0.498. The molecule has 0 spiro atoms. The summed E-state index contributed by atoms with van der Waals surface area (Å²) in [6.07, 6.45) is 5.13. The minimum absolute atomic E-state index is 0. The second-order valence-electron chi connectivity index (χ2n) is 19.7. The Hall–Kier alpha value is -5.47. The molecule has 15 nitrogen and oxygen atoms in total. The zero-order chi connectivity index (χ0) is 50.9. The molecule has 4 saturated heterocycles. The van der Waals surface area contributed by atoms with E-state index in [1.165, 1.54) is 22.5 Å². The Morgan fingerprint density at radius 1 is 0.587 bits per heavy atom. The number of aliphatic carboxylic acids is 1. The number of carboxylic acid groups (broad SMARTS) is 1. The molecule has 0 aliphatic carbocycles. The van der Waals surface area contributed by atoms with Gasteiger partial charge in [0.1, 0.15) is 36.9 Å². The maximum atomic E-state index is 13.2. The molecule has 4 aliphatic heterocycles. The number of benzene rings is 4. The van der Waals surface area contributed by atoms with Crippen molar-refractivity contribution in [1.29, 1.82) is 0 Å². The van der Waals surface area contributed by atoms with Gasteiger partial charge < -0.3 is 59.4 Å². The molecule has 0 unspecified atom stereocenters. The molecule has 2 aromatic heterocycles. The molecule has 3 N–H and O–H groups in total. The summed E-state index contributed by atoms with van der Waals surface area (Å²) >= 11 is 0. The Morgan fingerprint density at radius 2 is 1.03 bits per heavy atom. The molecule has 75 heavy (non-hydrogen) atoms. The first-order valence-corrected chi connectivity index (χ1v) is 26.1. The van der Waals surface area contributed by atoms with Gasteiger partial charge in [-0.05, 0) is 138 Å². The van der Waals surface area contributed by atoms with Crippen LogP contribution >= 0.6 is 12.4 Å². The van der Waals surface area contributed by atoms with Crippen LogP contribution in [0, 0.1) is 25.7 Å². The standard InChI is InChI=1S/C29H36N4O3.C18H22N2O4.C11H16N2.ClH.Li/c1-22-6-2-3-9-27(22)32-16-18-33(19-17-32)29(35)23-11-14-31(15-12-23)20-24(34)21-36-28-10-4-8-26-25(28)7-5-13-30-26;21-14(11-20-9-6-13(7-10-20)18(22)23)12-24-17-5-1-4-16-15(17)3-2-8-19-16;1-10-4-2-3-5-11(10)13-8-6-12-7-9-13;;/h2-10,13,23-24,34H,11-12,14-21H2,1H3;1-5,8,13-14,21H,6-7,9-12H2,(H,22,23);2-5,12H,6-9H2,1H3;1H;/q;;;;+1/p-1/t24-;14-;;;/m11.../s1. The van der Waals surface area contributed by atoms with Crippen LogP contribution in [0.4, 0.5) is 11.4 Å². The number of carbonyl (C=O) groups excluding carboxylic acids is 2. The van der Waals surface area contributed by atoms with Gasteiger partial charge in [-0.15, -0.1) is 12.4 Å². The maximum absolute atomic E-state index is 13.2. The van der Waals surface area contributed by atoms with Crippen LogP contribution < -0.4 is 48.6 Å².